The van der Waals surface area contributed by atoms with Gasteiger partial charge in [-0.3, -0.25) is 0 Å². The monoisotopic (exact) mass is 403 g/mol. The molecule has 3 atom stereocenters. The lowest BCUT2D eigenvalue weighted by atomic mass is 9.98. The van der Waals surface area contributed by atoms with Crippen molar-refractivity contribution in [2.45, 2.75) is 36.3 Å². The maximum absolute atomic E-state index is 13.4. The van der Waals surface area contributed by atoms with E-state index in [1.54, 1.807) is 30.3 Å². The Morgan fingerprint density at radius 2 is 1.74 bits per heavy atom. The molecule has 2 aromatic rings. The van der Waals surface area contributed by atoms with Gasteiger partial charge in [0.15, 0.2) is 9.84 Å². The van der Waals surface area contributed by atoms with E-state index in [0.717, 1.165) is 12.0 Å². The molecule has 2 aromatic carbocycles. The van der Waals surface area contributed by atoms with Gasteiger partial charge in [-0.05, 0) is 36.6 Å². The smallest absolute Gasteiger partial charge is 0.182 e. The number of thiocarbonyl (C=S) groups is 1. The van der Waals surface area contributed by atoms with Crippen molar-refractivity contribution in [2.24, 2.45) is 11.1 Å². The average molecular weight is 404 g/mol. The van der Waals surface area contributed by atoms with Crippen LogP contribution in [0.1, 0.15) is 30.9 Å². The van der Waals surface area contributed by atoms with Crippen molar-refractivity contribution in [3.63, 3.8) is 0 Å². The number of hydrogen-bond acceptors (Lipinski definition) is 4. The van der Waals surface area contributed by atoms with Crippen LogP contribution in [0.25, 0.3) is 0 Å². The molecule has 0 amide bonds. The van der Waals surface area contributed by atoms with E-state index in [0.29, 0.717) is 11.5 Å². The second kappa shape index (κ2) is 7.70. The Hall–Kier alpha value is -1.76. The van der Waals surface area contributed by atoms with Crippen LogP contribution in [0, 0.1) is 5.41 Å². The van der Waals surface area contributed by atoms with Gasteiger partial charge in [0.25, 0.3) is 0 Å². The summed E-state index contributed by atoms with van der Waals surface area (Å²) >= 11 is 5.36. The SMILES string of the molecule is CCOC[C@@]1(C(N)=S)[C@H](c2ccc(CC)cc2)[C@@H]1S(=O)(=O)c1ccccc1. The number of benzene rings is 2. The van der Waals surface area contributed by atoms with E-state index < -0.39 is 20.5 Å². The van der Waals surface area contributed by atoms with E-state index in [2.05, 4.69) is 6.92 Å². The largest absolute Gasteiger partial charge is 0.393 e. The van der Waals surface area contributed by atoms with Crippen LogP contribution in [0.2, 0.25) is 0 Å². The summed E-state index contributed by atoms with van der Waals surface area (Å²) in [5, 5.41) is -0.719. The zero-order chi connectivity index (χ0) is 19.7. The molecule has 27 heavy (non-hydrogen) atoms. The fraction of sp³-hybridized carbons (Fsp3) is 0.381. The van der Waals surface area contributed by atoms with Gasteiger partial charge in [-0.1, -0.05) is 61.6 Å². The van der Waals surface area contributed by atoms with E-state index in [4.69, 9.17) is 22.7 Å². The minimum Gasteiger partial charge on any atom is -0.393 e. The predicted octanol–water partition coefficient (Wildman–Crippen LogP) is 3.50. The summed E-state index contributed by atoms with van der Waals surface area (Å²) < 4.78 is 32.5. The molecule has 0 unspecified atom stereocenters. The van der Waals surface area contributed by atoms with Crippen LogP contribution >= 0.6 is 12.2 Å². The zero-order valence-electron chi connectivity index (χ0n) is 15.6. The maximum atomic E-state index is 13.4. The van der Waals surface area contributed by atoms with Gasteiger partial charge in [0.1, 0.15) is 0 Å². The van der Waals surface area contributed by atoms with E-state index in [-0.39, 0.29) is 17.5 Å². The van der Waals surface area contributed by atoms with Crippen molar-refractivity contribution in [3.8, 4) is 0 Å². The number of sulfone groups is 1. The van der Waals surface area contributed by atoms with Gasteiger partial charge in [0, 0.05) is 12.5 Å². The van der Waals surface area contributed by atoms with Gasteiger partial charge in [-0.25, -0.2) is 8.42 Å². The summed E-state index contributed by atoms with van der Waals surface area (Å²) in [4.78, 5) is 0.491. The highest BCUT2D eigenvalue weighted by molar-refractivity contribution is 7.92. The zero-order valence-corrected chi connectivity index (χ0v) is 17.2. The minimum atomic E-state index is -3.61. The molecule has 1 fully saturated rings. The average Bonchev–Trinajstić information content (AvgIpc) is 3.38. The molecule has 2 N–H and O–H groups in total. The molecule has 144 valence electrons. The van der Waals surface area contributed by atoms with Crippen LogP contribution < -0.4 is 5.73 Å². The first-order chi connectivity index (χ1) is 12.9. The molecule has 0 bridgehead atoms. The minimum absolute atomic E-state index is 0.199. The van der Waals surface area contributed by atoms with Crippen LogP contribution in [0.4, 0.5) is 0 Å². The highest BCUT2D eigenvalue weighted by Crippen LogP contribution is 2.64. The molecular weight excluding hydrogens is 378 g/mol. The lowest BCUT2D eigenvalue weighted by Gasteiger charge is -2.17. The molecule has 6 heteroatoms. The molecule has 1 aliphatic rings. The van der Waals surface area contributed by atoms with Crippen LogP contribution in [0.3, 0.4) is 0 Å². The molecule has 1 aliphatic carbocycles. The van der Waals surface area contributed by atoms with Crippen molar-refractivity contribution < 1.29 is 13.2 Å². The Balaban J connectivity index is 2.08. The summed E-state index contributed by atoms with van der Waals surface area (Å²) in [6.45, 7) is 4.64. The van der Waals surface area contributed by atoms with Crippen molar-refractivity contribution in [1.82, 2.24) is 0 Å². The number of nitrogens with two attached hydrogens (primary N) is 1. The second-order valence-corrected chi connectivity index (χ2v) is 9.40. The third-order valence-corrected chi connectivity index (χ3v) is 8.08. The highest BCUT2D eigenvalue weighted by atomic mass is 32.2. The normalized spacial score (nSPS) is 24.5. The number of rotatable bonds is 8. The molecule has 0 radical (unpaired) electrons. The van der Waals surface area contributed by atoms with E-state index >= 15 is 0 Å². The Kier molecular flexibility index (Phi) is 5.70. The predicted molar refractivity (Wildman–Crippen MR) is 112 cm³/mol. The van der Waals surface area contributed by atoms with Crippen molar-refractivity contribution in [1.29, 1.82) is 0 Å². The van der Waals surface area contributed by atoms with Crippen LogP contribution in [0.15, 0.2) is 59.5 Å². The third-order valence-electron chi connectivity index (χ3n) is 5.41. The standard InChI is InChI=1S/C21H25NO3S2/c1-3-15-10-12-16(13-11-15)18-19(21(18,20(22)26)14-25-4-2)27(23,24)17-8-6-5-7-9-17/h5-13,18-19H,3-4,14H2,1-2H3,(H2,22,26)/t18-,19+,21-/m1/s1. The number of aryl methyl sites for hydroxylation is 1. The summed E-state index contributed by atoms with van der Waals surface area (Å²) in [7, 11) is -3.61. The maximum Gasteiger partial charge on any atom is 0.182 e. The second-order valence-electron chi connectivity index (χ2n) is 6.89. The highest BCUT2D eigenvalue weighted by Gasteiger charge is 2.73. The van der Waals surface area contributed by atoms with Crippen molar-refractivity contribution in [2.75, 3.05) is 13.2 Å². The molecule has 4 nitrogen and oxygen atoms in total. The van der Waals surface area contributed by atoms with Gasteiger partial charge in [0.2, 0.25) is 0 Å². The lowest BCUT2D eigenvalue weighted by Crippen LogP contribution is -2.33. The lowest BCUT2D eigenvalue weighted by molar-refractivity contribution is 0.121. The molecule has 1 saturated carbocycles. The number of ether oxygens (including phenoxy) is 1. The van der Waals surface area contributed by atoms with Crippen LogP contribution in [0.5, 0.6) is 0 Å². The fourth-order valence-corrected chi connectivity index (χ4v) is 6.65. The molecule has 0 saturated heterocycles. The van der Waals surface area contributed by atoms with Gasteiger partial charge in [-0.2, -0.15) is 0 Å². The van der Waals surface area contributed by atoms with Crippen molar-refractivity contribution >= 4 is 27.0 Å². The molecule has 0 spiro atoms. The molecule has 0 heterocycles. The van der Waals surface area contributed by atoms with Crippen LogP contribution in [-0.4, -0.2) is 31.9 Å². The fourth-order valence-electron chi connectivity index (χ4n) is 3.86. The van der Waals surface area contributed by atoms with E-state index in [1.807, 2.05) is 31.2 Å². The van der Waals surface area contributed by atoms with E-state index in [1.165, 1.54) is 5.56 Å². The summed E-state index contributed by atoms with van der Waals surface area (Å²) in [6, 6.07) is 16.5. The van der Waals surface area contributed by atoms with Gasteiger partial charge >= 0.3 is 0 Å². The topological polar surface area (TPSA) is 69.4 Å². The molecule has 3 rings (SSSR count). The molecule has 0 aliphatic heterocycles. The molecule has 0 aromatic heterocycles. The van der Waals surface area contributed by atoms with E-state index in [9.17, 15) is 8.42 Å². The summed E-state index contributed by atoms with van der Waals surface area (Å²) in [5.74, 6) is -0.308. The first-order valence-corrected chi connectivity index (χ1v) is 11.1. The van der Waals surface area contributed by atoms with Gasteiger partial charge < -0.3 is 10.5 Å². The Morgan fingerprint density at radius 1 is 1.11 bits per heavy atom. The quantitative estimate of drug-likeness (QED) is 0.683. The van der Waals surface area contributed by atoms with Gasteiger partial charge in [0.05, 0.1) is 27.2 Å². The first-order valence-electron chi connectivity index (χ1n) is 9.15. The summed E-state index contributed by atoms with van der Waals surface area (Å²) in [5.41, 5.74) is 7.36. The third kappa shape index (κ3) is 3.42. The van der Waals surface area contributed by atoms with Gasteiger partial charge in [-0.15, -0.1) is 0 Å². The Morgan fingerprint density at radius 3 is 2.26 bits per heavy atom. The Bertz CT molecular complexity index is 910. The van der Waals surface area contributed by atoms with Crippen LogP contribution in [-0.2, 0) is 21.0 Å². The van der Waals surface area contributed by atoms with Crippen molar-refractivity contribution in [3.05, 3.63) is 65.7 Å². The summed E-state index contributed by atoms with van der Waals surface area (Å²) in [6.07, 6.45) is 0.927. The molecular formula is C21H25NO3S2. The Labute approximate surface area is 166 Å². The first kappa shape index (κ1) is 20.0. The number of hydrogen-bond donors (Lipinski definition) is 1.